The summed E-state index contributed by atoms with van der Waals surface area (Å²) in [7, 11) is -2.91. The second kappa shape index (κ2) is 6.03. The molecule has 0 aliphatic carbocycles. The van der Waals surface area contributed by atoms with Crippen molar-refractivity contribution in [1.29, 1.82) is 0 Å². The second-order valence-corrected chi connectivity index (χ2v) is 8.09. The van der Waals surface area contributed by atoms with E-state index >= 15 is 0 Å². The zero-order chi connectivity index (χ0) is 13.9. The Kier molecular flexibility index (Phi) is 4.60. The molecule has 0 bridgehead atoms. The summed E-state index contributed by atoms with van der Waals surface area (Å²) in [5.41, 5.74) is 0. The average molecular weight is 297 g/mol. The highest BCUT2D eigenvalue weighted by atomic mass is 32.2. The van der Waals surface area contributed by atoms with Crippen molar-refractivity contribution in [2.75, 3.05) is 18.6 Å². The molecule has 2 aromatic rings. The van der Waals surface area contributed by atoms with Crippen LogP contribution in [-0.2, 0) is 9.84 Å². The normalized spacial score (nSPS) is 13.8. The number of hydrogen-bond donors (Lipinski definition) is 1. The summed E-state index contributed by atoms with van der Waals surface area (Å²) in [6.45, 7) is 2.88. The number of benzene rings is 1. The second-order valence-electron chi connectivity index (χ2n) is 4.72. The summed E-state index contributed by atoms with van der Waals surface area (Å²) in [6.07, 6.45) is 1.92. The highest BCUT2D eigenvalue weighted by molar-refractivity contribution is 7.90. The van der Waals surface area contributed by atoms with E-state index in [2.05, 4.69) is 23.5 Å². The van der Waals surface area contributed by atoms with Gasteiger partial charge in [-0.1, -0.05) is 25.1 Å². The molecule has 1 aromatic heterocycles. The van der Waals surface area contributed by atoms with Crippen molar-refractivity contribution >= 4 is 31.3 Å². The molecule has 0 saturated heterocycles. The first-order valence-electron chi connectivity index (χ1n) is 6.39. The molecule has 3 nitrogen and oxygen atoms in total. The Balaban J connectivity index is 2.22. The zero-order valence-electron chi connectivity index (χ0n) is 11.2. The Morgan fingerprint density at radius 2 is 2.05 bits per heavy atom. The molecule has 19 heavy (non-hydrogen) atoms. The number of sulfone groups is 1. The molecular formula is C14H19NO2S2. The fourth-order valence-corrected chi connectivity index (χ4v) is 3.94. The van der Waals surface area contributed by atoms with Crippen molar-refractivity contribution in [3.05, 3.63) is 35.2 Å². The van der Waals surface area contributed by atoms with Gasteiger partial charge in [-0.15, -0.1) is 11.3 Å². The standard InChI is InChI=1S/C14H19NO2S2/c1-3-15-12(8-9-19(2,16)17)14-10-11-6-4-5-7-13(11)18-14/h4-7,10,12,15H,3,8-9H2,1-2H3. The van der Waals surface area contributed by atoms with Crippen LogP contribution in [0.25, 0.3) is 10.1 Å². The molecule has 1 heterocycles. The molecule has 0 saturated carbocycles. The molecular weight excluding hydrogens is 278 g/mol. The van der Waals surface area contributed by atoms with Crippen LogP contribution in [0.15, 0.2) is 30.3 Å². The third-order valence-corrected chi connectivity index (χ3v) is 5.22. The molecule has 104 valence electrons. The van der Waals surface area contributed by atoms with Crippen LogP contribution in [0.1, 0.15) is 24.3 Å². The summed E-state index contributed by atoms with van der Waals surface area (Å²) in [4.78, 5) is 1.21. The lowest BCUT2D eigenvalue weighted by molar-refractivity contribution is 0.537. The summed E-state index contributed by atoms with van der Waals surface area (Å²) in [5.74, 6) is 0.221. The maximum atomic E-state index is 11.3. The van der Waals surface area contributed by atoms with E-state index in [1.165, 1.54) is 21.2 Å². The van der Waals surface area contributed by atoms with Crippen LogP contribution in [-0.4, -0.2) is 27.0 Å². The van der Waals surface area contributed by atoms with Gasteiger partial charge >= 0.3 is 0 Å². The lowest BCUT2D eigenvalue weighted by Crippen LogP contribution is -2.22. The van der Waals surface area contributed by atoms with Crippen molar-refractivity contribution in [3.8, 4) is 0 Å². The highest BCUT2D eigenvalue weighted by Gasteiger charge is 2.15. The molecule has 0 radical (unpaired) electrons. The van der Waals surface area contributed by atoms with Crippen molar-refractivity contribution < 1.29 is 8.42 Å². The molecule has 1 N–H and O–H groups in total. The maximum Gasteiger partial charge on any atom is 0.147 e. The molecule has 0 aliphatic heterocycles. The fraction of sp³-hybridized carbons (Fsp3) is 0.429. The average Bonchev–Trinajstić information content (AvgIpc) is 2.76. The smallest absolute Gasteiger partial charge is 0.147 e. The van der Waals surface area contributed by atoms with Gasteiger partial charge in [0.1, 0.15) is 9.84 Å². The minimum Gasteiger partial charge on any atom is -0.309 e. The van der Waals surface area contributed by atoms with Gasteiger partial charge in [0.05, 0.1) is 5.75 Å². The lowest BCUT2D eigenvalue weighted by atomic mass is 10.1. The van der Waals surface area contributed by atoms with Gasteiger partial charge < -0.3 is 5.32 Å². The number of hydrogen-bond acceptors (Lipinski definition) is 4. The van der Waals surface area contributed by atoms with Crippen LogP contribution in [0.4, 0.5) is 0 Å². The van der Waals surface area contributed by atoms with E-state index < -0.39 is 9.84 Å². The van der Waals surface area contributed by atoms with Gasteiger partial charge in [-0.05, 0) is 30.5 Å². The summed E-state index contributed by atoms with van der Waals surface area (Å²) < 4.78 is 23.9. The molecule has 0 aliphatic rings. The summed E-state index contributed by atoms with van der Waals surface area (Å²) >= 11 is 1.74. The summed E-state index contributed by atoms with van der Waals surface area (Å²) in [5, 5.41) is 4.61. The van der Waals surface area contributed by atoms with E-state index in [0.29, 0.717) is 6.42 Å². The monoisotopic (exact) mass is 297 g/mol. The first-order valence-corrected chi connectivity index (χ1v) is 9.27. The van der Waals surface area contributed by atoms with Gasteiger partial charge in [-0.25, -0.2) is 8.42 Å². The van der Waals surface area contributed by atoms with Gasteiger partial charge in [0.25, 0.3) is 0 Å². The van der Waals surface area contributed by atoms with Crippen molar-refractivity contribution in [2.24, 2.45) is 0 Å². The van der Waals surface area contributed by atoms with Crippen molar-refractivity contribution in [2.45, 2.75) is 19.4 Å². The number of fused-ring (bicyclic) bond motifs is 1. The van der Waals surface area contributed by atoms with E-state index in [0.717, 1.165) is 6.54 Å². The van der Waals surface area contributed by atoms with Crippen molar-refractivity contribution in [1.82, 2.24) is 5.32 Å². The van der Waals surface area contributed by atoms with Crippen LogP contribution >= 0.6 is 11.3 Å². The van der Waals surface area contributed by atoms with Gasteiger partial charge in [0.2, 0.25) is 0 Å². The molecule has 0 spiro atoms. The number of rotatable bonds is 6. The Bertz CT molecular complexity index is 613. The van der Waals surface area contributed by atoms with Crippen LogP contribution in [0.3, 0.4) is 0 Å². The first-order chi connectivity index (χ1) is 8.99. The largest absolute Gasteiger partial charge is 0.309 e. The van der Waals surface area contributed by atoms with Crippen molar-refractivity contribution in [3.63, 3.8) is 0 Å². The van der Waals surface area contributed by atoms with Gasteiger partial charge in [0, 0.05) is 21.9 Å². The highest BCUT2D eigenvalue weighted by Crippen LogP contribution is 2.31. The molecule has 0 fully saturated rings. The van der Waals surface area contributed by atoms with Gasteiger partial charge in [-0.2, -0.15) is 0 Å². The first kappa shape index (κ1) is 14.5. The van der Waals surface area contributed by atoms with Crippen LogP contribution < -0.4 is 5.32 Å². The Morgan fingerprint density at radius 3 is 2.68 bits per heavy atom. The number of nitrogens with one attached hydrogen (secondary N) is 1. The molecule has 2 rings (SSSR count). The summed E-state index contributed by atoms with van der Waals surface area (Å²) in [6, 6.07) is 10.5. The quantitative estimate of drug-likeness (QED) is 0.891. The van der Waals surface area contributed by atoms with E-state index in [-0.39, 0.29) is 11.8 Å². The molecule has 1 unspecified atom stereocenters. The van der Waals surface area contributed by atoms with E-state index in [4.69, 9.17) is 0 Å². The molecule has 5 heteroatoms. The van der Waals surface area contributed by atoms with E-state index in [1.807, 2.05) is 19.1 Å². The van der Waals surface area contributed by atoms with Gasteiger partial charge in [-0.3, -0.25) is 0 Å². The minimum atomic E-state index is -2.91. The Hall–Kier alpha value is -0.910. The molecule has 1 atom stereocenters. The SMILES string of the molecule is CCNC(CCS(C)(=O)=O)c1cc2ccccc2s1. The van der Waals surface area contributed by atoms with Crippen LogP contribution in [0.5, 0.6) is 0 Å². The fourth-order valence-electron chi connectivity index (χ4n) is 2.10. The third kappa shape index (κ3) is 4.03. The van der Waals surface area contributed by atoms with E-state index in [1.54, 1.807) is 11.3 Å². The van der Waals surface area contributed by atoms with Crippen LogP contribution in [0.2, 0.25) is 0 Å². The topological polar surface area (TPSA) is 46.2 Å². The Labute approximate surface area is 118 Å². The predicted octanol–water partition coefficient (Wildman–Crippen LogP) is 2.99. The molecule has 0 amide bonds. The maximum absolute atomic E-state index is 11.3. The molecule has 1 aromatic carbocycles. The predicted molar refractivity (Wildman–Crippen MR) is 82.6 cm³/mol. The minimum absolute atomic E-state index is 0.122. The van der Waals surface area contributed by atoms with E-state index in [9.17, 15) is 8.42 Å². The third-order valence-electron chi connectivity index (χ3n) is 3.02. The lowest BCUT2D eigenvalue weighted by Gasteiger charge is -2.15. The van der Waals surface area contributed by atoms with Crippen LogP contribution in [0, 0.1) is 0 Å². The Morgan fingerprint density at radius 1 is 1.32 bits per heavy atom. The van der Waals surface area contributed by atoms with Gasteiger partial charge in [0.15, 0.2) is 0 Å². The number of thiophene rings is 1. The zero-order valence-corrected chi connectivity index (χ0v) is 12.9.